The van der Waals surface area contributed by atoms with Gasteiger partial charge in [-0.3, -0.25) is 9.59 Å². The highest BCUT2D eigenvalue weighted by Crippen LogP contribution is 2.20. The number of amides is 2. The van der Waals surface area contributed by atoms with Crippen molar-refractivity contribution >= 4 is 34.9 Å². The monoisotopic (exact) mass is 464 g/mol. The van der Waals surface area contributed by atoms with E-state index in [4.69, 9.17) is 0 Å². The normalized spacial score (nSPS) is 10.5. The van der Waals surface area contributed by atoms with Gasteiger partial charge in [-0.25, -0.2) is 0 Å². The van der Waals surface area contributed by atoms with Crippen molar-refractivity contribution in [1.82, 2.24) is 9.80 Å². The predicted octanol–water partition coefficient (Wildman–Crippen LogP) is 5.39. The first-order valence-corrected chi connectivity index (χ1v) is 12.3. The van der Waals surface area contributed by atoms with Crippen LogP contribution >= 0.6 is 23.1 Å². The van der Waals surface area contributed by atoms with Gasteiger partial charge in [0.25, 0.3) is 0 Å². The Morgan fingerprint density at radius 1 is 0.906 bits per heavy atom. The molecule has 0 atom stereocenters. The maximum absolute atomic E-state index is 13.3. The fraction of sp³-hybridized carbons (Fsp3) is 0.231. The highest BCUT2D eigenvalue weighted by molar-refractivity contribution is 8.00. The average molecular weight is 465 g/mol. The number of benzene rings is 2. The van der Waals surface area contributed by atoms with Crippen LogP contribution < -0.4 is 0 Å². The number of hydrogen-bond donors (Lipinski definition) is 0. The van der Waals surface area contributed by atoms with Crippen LogP contribution in [0.15, 0.2) is 90.3 Å². The van der Waals surface area contributed by atoms with E-state index in [2.05, 4.69) is 25.6 Å². The molecule has 2 aromatic carbocycles. The topological polar surface area (TPSA) is 40.6 Å². The number of rotatable bonds is 11. The molecule has 166 valence electrons. The molecular weight excluding hydrogens is 436 g/mol. The van der Waals surface area contributed by atoms with Gasteiger partial charge in [-0.05, 0) is 36.8 Å². The molecule has 0 N–H and O–H groups in total. The molecule has 0 bridgehead atoms. The Kier molecular flexibility index (Phi) is 9.13. The van der Waals surface area contributed by atoms with Gasteiger partial charge in [0.1, 0.15) is 6.54 Å². The summed E-state index contributed by atoms with van der Waals surface area (Å²) in [7, 11) is 0. The Morgan fingerprint density at radius 2 is 1.59 bits per heavy atom. The lowest BCUT2D eigenvalue weighted by Gasteiger charge is -2.27. The van der Waals surface area contributed by atoms with Crippen molar-refractivity contribution in [2.75, 3.05) is 18.8 Å². The van der Waals surface area contributed by atoms with Gasteiger partial charge in [0.15, 0.2) is 0 Å². The molecule has 3 rings (SSSR count). The third-order valence-corrected chi connectivity index (χ3v) is 6.83. The van der Waals surface area contributed by atoms with Gasteiger partial charge in [-0.1, -0.05) is 54.6 Å². The summed E-state index contributed by atoms with van der Waals surface area (Å²) in [6.45, 7) is 7.25. The maximum Gasteiger partial charge on any atom is 0.242 e. The largest absolute Gasteiger partial charge is 0.332 e. The van der Waals surface area contributed by atoms with E-state index < -0.39 is 0 Å². The van der Waals surface area contributed by atoms with E-state index in [1.807, 2.05) is 65.6 Å². The molecule has 0 spiro atoms. The molecule has 4 nitrogen and oxygen atoms in total. The number of aryl methyl sites for hydroxylation is 1. The minimum absolute atomic E-state index is 0.0391. The summed E-state index contributed by atoms with van der Waals surface area (Å²) >= 11 is 3.17. The van der Waals surface area contributed by atoms with Crippen molar-refractivity contribution in [3.05, 3.63) is 101 Å². The van der Waals surface area contributed by atoms with Crippen LogP contribution in [0.4, 0.5) is 0 Å². The zero-order chi connectivity index (χ0) is 22.8. The predicted molar refractivity (Wildman–Crippen MR) is 134 cm³/mol. The molecule has 0 saturated heterocycles. The van der Waals surface area contributed by atoms with Crippen molar-refractivity contribution in [3.63, 3.8) is 0 Å². The lowest BCUT2D eigenvalue weighted by atomic mass is 10.2. The number of thioether (sulfide) groups is 1. The number of hydrogen-bond acceptors (Lipinski definition) is 4. The molecule has 2 amide bonds. The van der Waals surface area contributed by atoms with Crippen molar-refractivity contribution < 1.29 is 9.59 Å². The average Bonchev–Trinajstić information content (AvgIpc) is 3.22. The standard InChI is InChI=1S/C26H28N2O2S2/c1-3-16-27(26(30)20-31-23-12-8-5-9-13-23)19-25(29)28(17-22-10-6-4-7-11-22)18-24-15-14-21(2)32-24/h3-15H,1,16-20H2,2H3. The third-order valence-electron chi connectivity index (χ3n) is 4.85. The molecule has 0 unspecified atom stereocenters. The number of carbonyl (C=O) groups is 2. The summed E-state index contributed by atoms with van der Waals surface area (Å²) in [6.07, 6.45) is 1.67. The Labute approximate surface area is 198 Å². The van der Waals surface area contributed by atoms with Gasteiger partial charge in [-0.2, -0.15) is 0 Å². The summed E-state index contributed by atoms with van der Waals surface area (Å²) in [5, 5.41) is 0. The van der Waals surface area contributed by atoms with Gasteiger partial charge in [0.05, 0.1) is 12.3 Å². The molecule has 0 saturated carbocycles. The van der Waals surface area contributed by atoms with Gasteiger partial charge < -0.3 is 9.80 Å². The quantitative estimate of drug-likeness (QED) is 0.282. The van der Waals surface area contributed by atoms with Crippen molar-refractivity contribution in [3.8, 4) is 0 Å². The molecular formula is C26H28N2O2S2. The first-order valence-electron chi connectivity index (χ1n) is 10.5. The Morgan fingerprint density at radius 3 is 2.22 bits per heavy atom. The van der Waals surface area contributed by atoms with E-state index in [0.29, 0.717) is 19.6 Å². The van der Waals surface area contributed by atoms with E-state index in [-0.39, 0.29) is 24.1 Å². The fourth-order valence-electron chi connectivity index (χ4n) is 3.22. The molecule has 0 radical (unpaired) electrons. The van der Waals surface area contributed by atoms with Crippen molar-refractivity contribution in [2.24, 2.45) is 0 Å². The van der Waals surface area contributed by atoms with Crippen LogP contribution in [-0.2, 0) is 22.7 Å². The molecule has 3 aromatic rings. The Bertz CT molecular complexity index is 1020. The lowest BCUT2D eigenvalue weighted by Crippen LogP contribution is -2.43. The minimum atomic E-state index is -0.0706. The van der Waals surface area contributed by atoms with Gasteiger partial charge in [0.2, 0.25) is 11.8 Å². The Hall–Kier alpha value is -2.83. The SMILES string of the molecule is C=CCN(CC(=O)N(Cc1ccccc1)Cc1ccc(C)s1)C(=O)CSc1ccccc1. The first-order chi connectivity index (χ1) is 15.5. The zero-order valence-electron chi connectivity index (χ0n) is 18.3. The highest BCUT2D eigenvalue weighted by atomic mass is 32.2. The summed E-state index contributed by atoms with van der Waals surface area (Å²) in [6, 6.07) is 23.9. The second-order valence-electron chi connectivity index (χ2n) is 7.41. The highest BCUT2D eigenvalue weighted by Gasteiger charge is 2.21. The minimum Gasteiger partial charge on any atom is -0.332 e. The summed E-state index contributed by atoms with van der Waals surface area (Å²) in [4.78, 5) is 33.0. The van der Waals surface area contributed by atoms with Crippen LogP contribution in [0.1, 0.15) is 15.3 Å². The first kappa shape index (κ1) is 23.8. The Balaban J connectivity index is 1.69. The third kappa shape index (κ3) is 7.39. The number of thiophene rings is 1. The lowest BCUT2D eigenvalue weighted by molar-refractivity contribution is -0.139. The molecule has 0 aliphatic heterocycles. The fourth-order valence-corrected chi connectivity index (χ4v) is 4.95. The molecule has 0 fully saturated rings. The smallest absolute Gasteiger partial charge is 0.242 e. The van der Waals surface area contributed by atoms with Crippen LogP contribution in [0.2, 0.25) is 0 Å². The summed E-state index contributed by atoms with van der Waals surface area (Å²) in [5.74, 6) is 0.145. The van der Waals surface area contributed by atoms with E-state index in [0.717, 1.165) is 15.3 Å². The summed E-state index contributed by atoms with van der Waals surface area (Å²) in [5.41, 5.74) is 1.07. The molecule has 32 heavy (non-hydrogen) atoms. The molecule has 1 heterocycles. The molecule has 1 aromatic heterocycles. The van der Waals surface area contributed by atoms with E-state index in [1.165, 1.54) is 16.6 Å². The van der Waals surface area contributed by atoms with Gasteiger partial charge in [-0.15, -0.1) is 29.7 Å². The second kappa shape index (κ2) is 12.3. The second-order valence-corrected chi connectivity index (χ2v) is 9.83. The maximum atomic E-state index is 13.3. The van der Waals surface area contributed by atoms with Gasteiger partial charge >= 0.3 is 0 Å². The van der Waals surface area contributed by atoms with Crippen LogP contribution in [0.3, 0.4) is 0 Å². The van der Waals surface area contributed by atoms with Crippen molar-refractivity contribution in [1.29, 1.82) is 0 Å². The molecule has 0 aliphatic carbocycles. The van der Waals surface area contributed by atoms with Crippen LogP contribution in [0, 0.1) is 6.92 Å². The van der Waals surface area contributed by atoms with E-state index in [9.17, 15) is 9.59 Å². The number of nitrogens with zero attached hydrogens (tertiary/aromatic N) is 2. The zero-order valence-corrected chi connectivity index (χ0v) is 19.9. The van der Waals surface area contributed by atoms with E-state index >= 15 is 0 Å². The molecule has 0 aliphatic rings. The van der Waals surface area contributed by atoms with Crippen LogP contribution in [0.25, 0.3) is 0 Å². The van der Waals surface area contributed by atoms with Crippen LogP contribution in [0.5, 0.6) is 0 Å². The molecule has 6 heteroatoms. The summed E-state index contributed by atoms with van der Waals surface area (Å²) < 4.78 is 0. The van der Waals surface area contributed by atoms with E-state index in [1.54, 1.807) is 22.3 Å². The number of carbonyl (C=O) groups excluding carboxylic acids is 2. The van der Waals surface area contributed by atoms with Crippen molar-refractivity contribution in [2.45, 2.75) is 24.9 Å². The van der Waals surface area contributed by atoms with Crippen LogP contribution in [-0.4, -0.2) is 40.5 Å². The van der Waals surface area contributed by atoms with Gasteiger partial charge in [0, 0.05) is 27.7 Å².